The molecule has 5 nitrogen and oxygen atoms in total. The molecule has 0 aliphatic heterocycles. The highest BCUT2D eigenvalue weighted by atomic mass is 35.5. The molecule has 0 aromatic heterocycles. The van der Waals surface area contributed by atoms with Gasteiger partial charge in [-0.05, 0) is 26.0 Å². The first kappa shape index (κ1) is 15.6. The summed E-state index contributed by atoms with van der Waals surface area (Å²) in [5, 5.41) is 5.33. The Balaban J connectivity index is 2.58. The standard InChI is InChI=1S/C12H14Cl2N2O3/c1-3-15-12(18)16-11(17)7(2)19-8-4-5-9(13)10(14)6-8/h4-7H,3H2,1-2H3,(H2,15,16,17,18)/t7-/m0/s1. The van der Waals surface area contributed by atoms with Gasteiger partial charge in [-0.2, -0.15) is 0 Å². The molecule has 1 rings (SSSR count). The Hall–Kier alpha value is -1.46. The number of amides is 3. The molecule has 0 unspecified atom stereocenters. The highest BCUT2D eigenvalue weighted by Crippen LogP contribution is 2.26. The van der Waals surface area contributed by atoms with E-state index in [2.05, 4.69) is 10.6 Å². The van der Waals surface area contributed by atoms with Gasteiger partial charge < -0.3 is 10.1 Å². The Labute approximate surface area is 121 Å². The maximum atomic E-state index is 11.6. The van der Waals surface area contributed by atoms with Crippen LogP contribution in [0.2, 0.25) is 10.0 Å². The van der Waals surface area contributed by atoms with E-state index in [1.807, 2.05) is 0 Å². The second-order valence-electron chi connectivity index (χ2n) is 3.68. The van der Waals surface area contributed by atoms with Crippen LogP contribution in [0.25, 0.3) is 0 Å². The van der Waals surface area contributed by atoms with Crippen molar-refractivity contribution in [1.82, 2.24) is 10.6 Å². The van der Waals surface area contributed by atoms with Gasteiger partial charge in [0.05, 0.1) is 10.0 Å². The second-order valence-corrected chi connectivity index (χ2v) is 4.50. The van der Waals surface area contributed by atoms with Crippen molar-refractivity contribution < 1.29 is 14.3 Å². The molecule has 1 aromatic carbocycles. The molecule has 3 amide bonds. The van der Waals surface area contributed by atoms with E-state index in [0.717, 1.165) is 0 Å². The first-order chi connectivity index (χ1) is 8.93. The molecule has 0 bridgehead atoms. The minimum Gasteiger partial charge on any atom is -0.481 e. The molecular weight excluding hydrogens is 291 g/mol. The molecule has 104 valence electrons. The van der Waals surface area contributed by atoms with Crippen LogP contribution >= 0.6 is 23.2 Å². The third-order valence-electron chi connectivity index (χ3n) is 2.15. The molecule has 0 radical (unpaired) electrons. The number of rotatable bonds is 4. The average Bonchev–Trinajstić information content (AvgIpc) is 2.34. The fourth-order valence-electron chi connectivity index (χ4n) is 1.23. The summed E-state index contributed by atoms with van der Waals surface area (Å²) < 4.78 is 5.36. The molecule has 0 aliphatic carbocycles. The molecule has 0 fully saturated rings. The monoisotopic (exact) mass is 304 g/mol. The van der Waals surface area contributed by atoms with Gasteiger partial charge in [0, 0.05) is 12.6 Å². The van der Waals surface area contributed by atoms with Gasteiger partial charge in [-0.3, -0.25) is 10.1 Å². The fraction of sp³-hybridized carbons (Fsp3) is 0.333. The number of urea groups is 1. The number of halogens is 2. The maximum absolute atomic E-state index is 11.6. The topological polar surface area (TPSA) is 67.4 Å². The quantitative estimate of drug-likeness (QED) is 0.898. The van der Waals surface area contributed by atoms with E-state index in [1.54, 1.807) is 19.1 Å². The zero-order valence-corrected chi connectivity index (χ0v) is 12.0. The SMILES string of the molecule is CCNC(=O)NC(=O)[C@H](C)Oc1ccc(Cl)c(Cl)c1. The number of carbonyl (C=O) groups is 2. The minimum atomic E-state index is -0.833. The van der Waals surface area contributed by atoms with E-state index in [1.165, 1.54) is 13.0 Å². The lowest BCUT2D eigenvalue weighted by Crippen LogP contribution is -2.45. The zero-order valence-electron chi connectivity index (χ0n) is 10.5. The number of hydrogen-bond acceptors (Lipinski definition) is 3. The van der Waals surface area contributed by atoms with E-state index in [9.17, 15) is 9.59 Å². The Kier molecular flexibility index (Phi) is 5.92. The predicted molar refractivity (Wildman–Crippen MR) is 73.8 cm³/mol. The molecule has 2 N–H and O–H groups in total. The number of hydrogen-bond donors (Lipinski definition) is 2. The molecule has 0 saturated carbocycles. The second kappa shape index (κ2) is 7.21. The number of benzene rings is 1. The summed E-state index contributed by atoms with van der Waals surface area (Å²) >= 11 is 11.6. The van der Waals surface area contributed by atoms with Crippen LogP contribution in [0.15, 0.2) is 18.2 Å². The molecule has 0 saturated heterocycles. The van der Waals surface area contributed by atoms with Gasteiger partial charge in [-0.25, -0.2) is 4.79 Å². The summed E-state index contributed by atoms with van der Waals surface area (Å²) in [4.78, 5) is 22.8. The molecule has 1 aromatic rings. The molecular formula is C12H14Cl2N2O3. The van der Waals surface area contributed by atoms with Crippen molar-refractivity contribution in [3.63, 3.8) is 0 Å². The number of nitrogens with one attached hydrogen (secondary N) is 2. The van der Waals surface area contributed by atoms with Gasteiger partial charge in [-0.15, -0.1) is 0 Å². The minimum absolute atomic E-state index is 0.329. The fourth-order valence-corrected chi connectivity index (χ4v) is 1.51. The van der Waals surface area contributed by atoms with E-state index >= 15 is 0 Å². The van der Waals surface area contributed by atoms with Crippen molar-refractivity contribution in [3.8, 4) is 5.75 Å². The summed E-state index contributed by atoms with van der Waals surface area (Å²) in [5.74, 6) is -0.148. The number of ether oxygens (including phenoxy) is 1. The Bertz CT molecular complexity index is 480. The normalized spacial score (nSPS) is 11.6. The summed E-state index contributed by atoms with van der Waals surface area (Å²) in [7, 11) is 0. The highest BCUT2D eigenvalue weighted by Gasteiger charge is 2.17. The highest BCUT2D eigenvalue weighted by molar-refractivity contribution is 6.42. The smallest absolute Gasteiger partial charge is 0.321 e. The van der Waals surface area contributed by atoms with Gasteiger partial charge in [0.1, 0.15) is 5.75 Å². The van der Waals surface area contributed by atoms with Crippen LogP contribution in [-0.2, 0) is 4.79 Å². The summed E-state index contributed by atoms with van der Waals surface area (Å²) in [6.07, 6.45) is -0.833. The number of imide groups is 1. The molecule has 1 atom stereocenters. The summed E-state index contributed by atoms with van der Waals surface area (Å²) in [6.45, 7) is 3.71. The third kappa shape index (κ3) is 4.96. The maximum Gasteiger partial charge on any atom is 0.321 e. The van der Waals surface area contributed by atoms with Crippen molar-refractivity contribution in [3.05, 3.63) is 28.2 Å². The van der Waals surface area contributed by atoms with Crippen molar-refractivity contribution in [2.45, 2.75) is 20.0 Å². The van der Waals surface area contributed by atoms with Gasteiger partial charge in [0.15, 0.2) is 6.10 Å². The van der Waals surface area contributed by atoms with Crippen molar-refractivity contribution in [2.75, 3.05) is 6.54 Å². The largest absolute Gasteiger partial charge is 0.481 e. The van der Waals surface area contributed by atoms with Crippen molar-refractivity contribution in [2.24, 2.45) is 0 Å². The van der Waals surface area contributed by atoms with Crippen LogP contribution in [-0.4, -0.2) is 24.6 Å². The molecule has 0 heterocycles. The zero-order chi connectivity index (χ0) is 14.4. The van der Waals surface area contributed by atoms with Crippen LogP contribution < -0.4 is 15.4 Å². The van der Waals surface area contributed by atoms with Crippen molar-refractivity contribution in [1.29, 1.82) is 0 Å². The van der Waals surface area contributed by atoms with E-state index in [-0.39, 0.29) is 0 Å². The lowest BCUT2D eigenvalue weighted by molar-refractivity contribution is -0.126. The summed E-state index contributed by atoms with van der Waals surface area (Å²) in [5.41, 5.74) is 0. The van der Waals surface area contributed by atoms with Crippen LogP contribution in [0.4, 0.5) is 4.79 Å². The van der Waals surface area contributed by atoms with E-state index in [0.29, 0.717) is 22.3 Å². The molecule has 0 spiro atoms. The number of carbonyl (C=O) groups excluding carboxylic acids is 2. The third-order valence-corrected chi connectivity index (χ3v) is 2.89. The lowest BCUT2D eigenvalue weighted by atomic mass is 10.3. The van der Waals surface area contributed by atoms with Crippen LogP contribution in [0.1, 0.15) is 13.8 Å². The van der Waals surface area contributed by atoms with Gasteiger partial charge in [-0.1, -0.05) is 23.2 Å². The Morgan fingerprint density at radius 1 is 1.32 bits per heavy atom. The van der Waals surface area contributed by atoms with Gasteiger partial charge >= 0.3 is 6.03 Å². The summed E-state index contributed by atoms with van der Waals surface area (Å²) in [6, 6.07) is 4.09. The Morgan fingerprint density at radius 2 is 2.00 bits per heavy atom. The van der Waals surface area contributed by atoms with Gasteiger partial charge in [0.2, 0.25) is 0 Å². The van der Waals surface area contributed by atoms with E-state index < -0.39 is 18.0 Å². The van der Waals surface area contributed by atoms with Crippen molar-refractivity contribution >= 4 is 35.1 Å². The molecule has 19 heavy (non-hydrogen) atoms. The predicted octanol–water partition coefficient (Wildman–Crippen LogP) is 2.61. The molecule has 0 aliphatic rings. The Morgan fingerprint density at radius 3 is 2.58 bits per heavy atom. The first-order valence-corrected chi connectivity index (χ1v) is 6.40. The van der Waals surface area contributed by atoms with E-state index in [4.69, 9.17) is 27.9 Å². The van der Waals surface area contributed by atoms with Crippen LogP contribution in [0, 0.1) is 0 Å². The van der Waals surface area contributed by atoms with Crippen LogP contribution in [0.3, 0.4) is 0 Å². The average molecular weight is 305 g/mol. The van der Waals surface area contributed by atoms with Gasteiger partial charge in [0.25, 0.3) is 5.91 Å². The van der Waals surface area contributed by atoms with Crippen LogP contribution in [0.5, 0.6) is 5.75 Å². The first-order valence-electron chi connectivity index (χ1n) is 5.64. The molecule has 7 heteroatoms. The lowest BCUT2D eigenvalue weighted by Gasteiger charge is -2.14.